The van der Waals surface area contributed by atoms with E-state index in [0.717, 1.165) is 27.4 Å². The van der Waals surface area contributed by atoms with Gasteiger partial charge in [0.15, 0.2) is 0 Å². The molecule has 112 valence electrons. The molecule has 21 heavy (non-hydrogen) atoms. The van der Waals surface area contributed by atoms with E-state index < -0.39 is 0 Å². The van der Waals surface area contributed by atoms with Crippen molar-refractivity contribution in [3.63, 3.8) is 0 Å². The number of ether oxygens (including phenoxy) is 1. The average Bonchev–Trinajstić information content (AvgIpc) is 2.46. The number of rotatable bonds is 6. The molecular weight excluding hydrogens is 350 g/mol. The van der Waals surface area contributed by atoms with Crippen LogP contribution in [0.25, 0.3) is 0 Å². The van der Waals surface area contributed by atoms with E-state index in [4.69, 9.17) is 16.3 Å². The van der Waals surface area contributed by atoms with Crippen molar-refractivity contribution < 1.29 is 4.74 Å². The van der Waals surface area contributed by atoms with E-state index in [0.29, 0.717) is 12.6 Å². The van der Waals surface area contributed by atoms with Crippen molar-refractivity contribution in [1.82, 2.24) is 5.32 Å². The second-order valence-electron chi connectivity index (χ2n) is 4.84. The molecule has 0 heterocycles. The fourth-order valence-corrected chi connectivity index (χ4v) is 3.03. The van der Waals surface area contributed by atoms with Gasteiger partial charge >= 0.3 is 0 Å². The maximum Gasteiger partial charge on any atom is 0.120 e. The van der Waals surface area contributed by atoms with Crippen molar-refractivity contribution in [1.29, 1.82) is 0 Å². The van der Waals surface area contributed by atoms with Crippen molar-refractivity contribution >= 4 is 27.5 Å². The standard InChI is InChI=1S/C17H19BrClNO/c1-3-20-12(2)15-9-8-14(10-16(15)18)21-11-13-6-4-5-7-17(13)19/h4-10,12,20H,3,11H2,1-2H3. The molecule has 0 spiro atoms. The molecule has 0 fully saturated rings. The first kappa shape index (κ1) is 16.3. The summed E-state index contributed by atoms with van der Waals surface area (Å²) in [6, 6.07) is 14.1. The Hall–Kier alpha value is -1.03. The highest BCUT2D eigenvalue weighted by molar-refractivity contribution is 9.10. The second-order valence-corrected chi connectivity index (χ2v) is 6.10. The summed E-state index contributed by atoms with van der Waals surface area (Å²) >= 11 is 9.74. The SMILES string of the molecule is CCNC(C)c1ccc(OCc2ccccc2Cl)cc1Br. The zero-order valence-corrected chi connectivity index (χ0v) is 14.5. The van der Waals surface area contributed by atoms with Crippen LogP contribution in [0.2, 0.25) is 5.02 Å². The van der Waals surface area contributed by atoms with Crippen LogP contribution in [0.15, 0.2) is 46.9 Å². The number of nitrogens with one attached hydrogen (secondary N) is 1. The molecule has 2 aromatic carbocycles. The number of hydrogen-bond donors (Lipinski definition) is 1. The summed E-state index contributed by atoms with van der Waals surface area (Å²) in [5.74, 6) is 0.828. The normalized spacial score (nSPS) is 12.2. The molecule has 0 saturated heterocycles. The van der Waals surface area contributed by atoms with Crippen LogP contribution < -0.4 is 10.1 Å². The summed E-state index contributed by atoms with van der Waals surface area (Å²) in [6.07, 6.45) is 0. The first-order chi connectivity index (χ1) is 10.1. The molecule has 0 amide bonds. The minimum atomic E-state index is 0.307. The van der Waals surface area contributed by atoms with Crippen LogP contribution in [0.5, 0.6) is 5.75 Å². The molecule has 0 aliphatic carbocycles. The van der Waals surface area contributed by atoms with Crippen molar-refractivity contribution in [2.75, 3.05) is 6.54 Å². The zero-order valence-electron chi connectivity index (χ0n) is 12.2. The van der Waals surface area contributed by atoms with Gasteiger partial charge in [-0.1, -0.05) is 58.7 Å². The van der Waals surface area contributed by atoms with Gasteiger partial charge in [-0.05, 0) is 37.2 Å². The molecule has 0 aliphatic heterocycles. The molecule has 0 saturated carbocycles. The predicted octanol–water partition coefficient (Wildman–Crippen LogP) is 5.35. The molecule has 1 atom stereocenters. The lowest BCUT2D eigenvalue weighted by Gasteiger charge is -2.16. The third-order valence-corrected chi connectivity index (χ3v) is 4.36. The molecule has 1 N–H and O–H groups in total. The Balaban J connectivity index is 2.05. The smallest absolute Gasteiger partial charge is 0.120 e. The van der Waals surface area contributed by atoms with Crippen LogP contribution in [0.3, 0.4) is 0 Å². The molecule has 2 aromatic rings. The molecule has 2 rings (SSSR count). The van der Waals surface area contributed by atoms with Gasteiger partial charge in [-0.3, -0.25) is 0 Å². The first-order valence-corrected chi connectivity index (χ1v) is 8.18. The average molecular weight is 369 g/mol. The monoisotopic (exact) mass is 367 g/mol. The number of halogens is 2. The van der Waals surface area contributed by atoms with Gasteiger partial charge in [0.1, 0.15) is 12.4 Å². The van der Waals surface area contributed by atoms with Crippen molar-refractivity contribution in [2.24, 2.45) is 0 Å². The Kier molecular flexibility index (Phi) is 6.09. The Morgan fingerprint density at radius 2 is 2.00 bits per heavy atom. The number of hydrogen-bond acceptors (Lipinski definition) is 2. The maximum atomic E-state index is 6.13. The largest absolute Gasteiger partial charge is 0.489 e. The van der Waals surface area contributed by atoms with Gasteiger partial charge in [-0.25, -0.2) is 0 Å². The molecule has 0 bridgehead atoms. The van der Waals surface area contributed by atoms with Gasteiger partial charge < -0.3 is 10.1 Å². The first-order valence-electron chi connectivity index (χ1n) is 7.01. The highest BCUT2D eigenvalue weighted by Gasteiger charge is 2.09. The van der Waals surface area contributed by atoms with E-state index in [2.05, 4.69) is 41.2 Å². The topological polar surface area (TPSA) is 21.3 Å². The second kappa shape index (κ2) is 7.83. The third-order valence-electron chi connectivity index (χ3n) is 3.30. The molecular formula is C17H19BrClNO. The Bertz CT molecular complexity index is 603. The lowest BCUT2D eigenvalue weighted by Crippen LogP contribution is -2.18. The van der Waals surface area contributed by atoms with Gasteiger partial charge in [0, 0.05) is 21.1 Å². The lowest BCUT2D eigenvalue weighted by molar-refractivity contribution is 0.306. The van der Waals surface area contributed by atoms with E-state index in [1.807, 2.05) is 36.4 Å². The van der Waals surface area contributed by atoms with E-state index in [1.54, 1.807) is 0 Å². The van der Waals surface area contributed by atoms with Gasteiger partial charge in [0.25, 0.3) is 0 Å². The summed E-state index contributed by atoms with van der Waals surface area (Å²) in [7, 11) is 0. The van der Waals surface area contributed by atoms with Gasteiger partial charge in [0.2, 0.25) is 0 Å². The Labute approximate surface area is 139 Å². The van der Waals surface area contributed by atoms with Crippen LogP contribution in [0.1, 0.15) is 31.0 Å². The van der Waals surface area contributed by atoms with Crippen molar-refractivity contribution in [3.05, 3.63) is 63.1 Å². The summed E-state index contributed by atoms with van der Waals surface area (Å²) < 4.78 is 6.86. The molecule has 0 aromatic heterocycles. The molecule has 2 nitrogen and oxygen atoms in total. The maximum absolute atomic E-state index is 6.13. The van der Waals surface area contributed by atoms with Gasteiger partial charge in [0.05, 0.1) is 0 Å². The zero-order chi connectivity index (χ0) is 15.2. The van der Waals surface area contributed by atoms with E-state index in [-0.39, 0.29) is 0 Å². The highest BCUT2D eigenvalue weighted by atomic mass is 79.9. The molecule has 1 unspecified atom stereocenters. The lowest BCUT2D eigenvalue weighted by atomic mass is 10.1. The summed E-state index contributed by atoms with van der Waals surface area (Å²) in [4.78, 5) is 0. The van der Waals surface area contributed by atoms with E-state index >= 15 is 0 Å². The van der Waals surface area contributed by atoms with E-state index in [9.17, 15) is 0 Å². The predicted molar refractivity (Wildman–Crippen MR) is 92.0 cm³/mol. The highest BCUT2D eigenvalue weighted by Crippen LogP contribution is 2.28. The third kappa shape index (κ3) is 4.47. The van der Waals surface area contributed by atoms with Crippen LogP contribution in [-0.4, -0.2) is 6.54 Å². The van der Waals surface area contributed by atoms with Gasteiger partial charge in [-0.15, -0.1) is 0 Å². The van der Waals surface area contributed by atoms with Crippen LogP contribution in [0.4, 0.5) is 0 Å². The van der Waals surface area contributed by atoms with Crippen LogP contribution in [-0.2, 0) is 6.61 Å². The summed E-state index contributed by atoms with van der Waals surface area (Å²) in [5.41, 5.74) is 2.21. The molecule has 0 aliphatic rings. The number of benzene rings is 2. The summed E-state index contributed by atoms with van der Waals surface area (Å²) in [6.45, 7) is 5.66. The molecule has 0 radical (unpaired) electrons. The minimum absolute atomic E-state index is 0.307. The fourth-order valence-electron chi connectivity index (χ4n) is 2.14. The van der Waals surface area contributed by atoms with Crippen LogP contribution >= 0.6 is 27.5 Å². The van der Waals surface area contributed by atoms with Crippen molar-refractivity contribution in [3.8, 4) is 5.75 Å². The van der Waals surface area contributed by atoms with Gasteiger partial charge in [-0.2, -0.15) is 0 Å². The van der Waals surface area contributed by atoms with Crippen molar-refractivity contribution in [2.45, 2.75) is 26.5 Å². The van der Waals surface area contributed by atoms with E-state index in [1.165, 1.54) is 5.56 Å². The molecule has 4 heteroatoms. The quantitative estimate of drug-likeness (QED) is 0.742. The Morgan fingerprint density at radius 1 is 1.24 bits per heavy atom. The Morgan fingerprint density at radius 3 is 2.67 bits per heavy atom. The minimum Gasteiger partial charge on any atom is -0.489 e. The summed E-state index contributed by atoms with van der Waals surface area (Å²) in [5, 5.41) is 4.13. The van der Waals surface area contributed by atoms with Crippen LogP contribution in [0, 0.1) is 0 Å². The fraction of sp³-hybridized carbons (Fsp3) is 0.294.